The van der Waals surface area contributed by atoms with Gasteiger partial charge in [0.15, 0.2) is 0 Å². The number of sulfonamides is 1. The van der Waals surface area contributed by atoms with Crippen molar-refractivity contribution in [2.75, 3.05) is 19.6 Å². The van der Waals surface area contributed by atoms with Crippen LogP contribution in [0.1, 0.15) is 26.3 Å². The van der Waals surface area contributed by atoms with E-state index in [1.165, 1.54) is 24.3 Å². The second-order valence-electron chi connectivity index (χ2n) is 8.03. The Kier molecular flexibility index (Phi) is 6.57. The number of carbonyl (C=O) groups excluding carboxylic acids is 2. The molecule has 0 radical (unpaired) electrons. The Morgan fingerprint density at radius 3 is 1.97 bits per heavy atom. The molecule has 3 aromatic rings. The van der Waals surface area contributed by atoms with Gasteiger partial charge in [-0.1, -0.05) is 48.5 Å². The monoisotopic (exact) mass is 463 g/mol. The van der Waals surface area contributed by atoms with Gasteiger partial charge in [-0.2, -0.15) is 0 Å². The van der Waals surface area contributed by atoms with Gasteiger partial charge in [0.05, 0.1) is 10.9 Å². The van der Waals surface area contributed by atoms with E-state index >= 15 is 0 Å². The van der Waals surface area contributed by atoms with Crippen LogP contribution >= 0.6 is 0 Å². The molecule has 1 saturated heterocycles. The maximum absolute atomic E-state index is 13.3. The summed E-state index contributed by atoms with van der Waals surface area (Å²) in [4.78, 5) is 29.9. The first-order valence-electron chi connectivity index (χ1n) is 10.6. The lowest BCUT2D eigenvalue weighted by molar-refractivity contribution is 0.0386. The van der Waals surface area contributed by atoms with Crippen molar-refractivity contribution < 1.29 is 18.0 Å². The summed E-state index contributed by atoms with van der Waals surface area (Å²) < 4.78 is 23.1. The molecule has 3 aromatic carbocycles. The molecule has 0 aromatic heterocycles. The lowest BCUT2D eigenvalue weighted by Crippen LogP contribution is -2.57. The molecule has 1 atom stereocenters. The van der Waals surface area contributed by atoms with Crippen LogP contribution in [0.15, 0.2) is 89.8 Å². The van der Waals surface area contributed by atoms with E-state index in [0.29, 0.717) is 37.2 Å². The van der Waals surface area contributed by atoms with Gasteiger partial charge in [-0.25, -0.2) is 13.6 Å². The van der Waals surface area contributed by atoms with E-state index in [1.54, 1.807) is 21.9 Å². The van der Waals surface area contributed by atoms with E-state index in [0.717, 1.165) is 5.56 Å². The molecular weight excluding hydrogens is 438 g/mol. The maximum Gasteiger partial charge on any atom is 0.254 e. The van der Waals surface area contributed by atoms with Gasteiger partial charge in [0.1, 0.15) is 0 Å². The van der Waals surface area contributed by atoms with Crippen molar-refractivity contribution in [2.45, 2.75) is 17.4 Å². The summed E-state index contributed by atoms with van der Waals surface area (Å²) in [5.74, 6) is -0.262. The maximum atomic E-state index is 13.3. The van der Waals surface area contributed by atoms with E-state index in [2.05, 4.69) is 0 Å². The molecule has 8 heteroatoms. The topological polar surface area (TPSA) is 101 Å². The van der Waals surface area contributed by atoms with Gasteiger partial charge >= 0.3 is 0 Å². The first-order chi connectivity index (χ1) is 15.8. The van der Waals surface area contributed by atoms with Crippen molar-refractivity contribution in [1.29, 1.82) is 0 Å². The van der Waals surface area contributed by atoms with Crippen LogP contribution in [0.5, 0.6) is 0 Å². The summed E-state index contributed by atoms with van der Waals surface area (Å²) in [6.07, 6.45) is 0.598. The molecule has 4 rings (SSSR count). The third kappa shape index (κ3) is 5.30. The molecule has 7 nitrogen and oxygen atoms in total. The van der Waals surface area contributed by atoms with Crippen LogP contribution in [-0.4, -0.2) is 55.7 Å². The predicted molar refractivity (Wildman–Crippen MR) is 125 cm³/mol. The van der Waals surface area contributed by atoms with Crippen LogP contribution in [0.4, 0.5) is 0 Å². The van der Waals surface area contributed by atoms with Crippen LogP contribution in [0, 0.1) is 0 Å². The van der Waals surface area contributed by atoms with E-state index in [-0.39, 0.29) is 22.8 Å². The molecule has 2 amide bonds. The van der Waals surface area contributed by atoms with Gasteiger partial charge in [0, 0.05) is 30.8 Å². The smallest absolute Gasteiger partial charge is 0.254 e. The number of nitrogens with two attached hydrogens (primary N) is 1. The third-order valence-corrected chi connectivity index (χ3v) is 6.72. The number of hydrogen-bond donors (Lipinski definition) is 1. The van der Waals surface area contributed by atoms with Crippen molar-refractivity contribution in [2.24, 2.45) is 5.14 Å². The van der Waals surface area contributed by atoms with Gasteiger partial charge in [0.2, 0.25) is 10.0 Å². The van der Waals surface area contributed by atoms with Gasteiger partial charge in [0.25, 0.3) is 11.8 Å². The molecule has 0 unspecified atom stereocenters. The number of carbonyl (C=O) groups is 2. The minimum atomic E-state index is -3.83. The molecule has 1 aliphatic rings. The molecule has 0 saturated carbocycles. The molecular formula is C25H25N3O4S. The standard InChI is InChI=1S/C25H25N3O4S/c26-33(31,32)23-13-11-21(12-14-23)25(30)28-16-15-27(24(29)20-9-5-2-6-10-20)18-22(28)17-19-7-3-1-4-8-19/h1-14,22H,15-18H2,(H2,26,31,32)/t22-/m1/s1. The molecule has 1 aliphatic heterocycles. The Labute approximate surface area is 193 Å². The number of primary sulfonamides is 1. The Morgan fingerprint density at radius 1 is 0.788 bits per heavy atom. The molecule has 0 aliphatic carbocycles. The van der Waals surface area contributed by atoms with E-state index in [4.69, 9.17) is 5.14 Å². The zero-order valence-electron chi connectivity index (χ0n) is 18.0. The number of nitrogens with zero attached hydrogens (tertiary/aromatic N) is 2. The molecule has 170 valence electrons. The minimum absolute atomic E-state index is 0.0434. The van der Waals surface area contributed by atoms with E-state index < -0.39 is 10.0 Å². The van der Waals surface area contributed by atoms with Crippen LogP contribution in [0.3, 0.4) is 0 Å². The summed E-state index contributed by atoms with van der Waals surface area (Å²) in [7, 11) is -3.83. The zero-order chi connectivity index (χ0) is 23.4. The highest BCUT2D eigenvalue weighted by Crippen LogP contribution is 2.21. The summed E-state index contributed by atoms with van der Waals surface area (Å²) in [6.45, 7) is 1.20. The van der Waals surface area contributed by atoms with Crippen LogP contribution in [0.2, 0.25) is 0 Å². The molecule has 0 spiro atoms. The fourth-order valence-corrected chi connectivity index (χ4v) is 4.60. The number of amides is 2. The summed E-state index contributed by atoms with van der Waals surface area (Å²) in [5, 5.41) is 5.16. The Morgan fingerprint density at radius 2 is 1.36 bits per heavy atom. The average molecular weight is 464 g/mol. The van der Waals surface area contributed by atoms with E-state index in [9.17, 15) is 18.0 Å². The number of rotatable bonds is 5. The van der Waals surface area contributed by atoms with Crippen LogP contribution < -0.4 is 5.14 Å². The van der Waals surface area contributed by atoms with Gasteiger partial charge in [-0.05, 0) is 48.4 Å². The van der Waals surface area contributed by atoms with Crippen molar-refractivity contribution in [3.63, 3.8) is 0 Å². The Hall–Kier alpha value is -3.49. The zero-order valence-corrected chi connectivity index (χ0v) is 18.8. The second kappa shape index (κ2) is 9.56. The SMILES string of the molecule is NS(=O)(=O)c1ccc(C(=O)N2CCN(C(=O)c3ccccc3)C[C@H]2Cc2ccccc2)cc1. The first kappa shape index (κ1) is 22.7. The van der Waals surface area contributed by atoms with Crippen LogP contribution in [-0.2, 0) is 16.4 Å². The van der Waals surface area contributed by atoms with Gasteiger partial charge < -0.3 is 9.80 Å². The fraction of sp³-hybridized carbons (Fsp3) is 0.200. The quantitative estimate of drug-likeness (QED) is 0.628. The average Bonchev–Trinajstić information content (AvgIpc) is 2.84. The molecule has 33 heavy (non-hydrogen) atoms. The lowest BCUT2D eigenvalue weighted by Gasteiger charge is -2.41. The fourth-order valence-electron chi connectivity index (χ4n) is 4.08. The minimum Gasteiger partial charge on any atom is -0.335 e. The second-order valence-corrected chi connectivity index (χ2v) is 9.59. The van der Waals surface area contributed by atoms with Gasteiger partial charge in [-0.3, -0.25) is 9.59 Å². The van der Waals surface area contributed by atoms with Crippen molar-refractivity contribution in [3.05, 3.63) is 102 Å². The molecule has 2 N–H and O–H groups in total. The third-order valence-electron chi connectivity index (χ3n) is 5.80. The van der Waals surface area contributed by atoms with Crippen molar-refractivity contribution in [3.8, 4) is 0 Å². The first-order valence-corrected chi connectivity index (χ1v) is 12.2. The largest absolute Gasteiger partial charge is 0.335 e. The lowest BCUT2D eigenvalue weighted by atomic mass is 10.00. The van der Waals surface area contributed by atoms with Crippen molar-refractivity contribution in [1.82, 2.24) is 9.80 Å². The Bertz CT molecular complexity index is 1230. The number of piperazine rings is 1. The highest BCUT2D eigenvalue weighted by molar-refractivity contribution is 7.89. The van der Waals surface area contributed by atoms with Crippen molar-refractivity contribution >= 4 is 21.8 Å². The van der Waals surface area contributed by atoms with Gasteiger partial charge in [-0.15, -0.1) is 0 Å². The molecule has 1 fully saturated rings. The molecule has 1 heterocycles. The normalized spacial score (nSPS) is 16.5. The number of benzene rings is 3. The highest BCUT2D eigenvalue weighted by atomic mass is 32.2. The summed E-state index contributed by atoms with van der Waals surface area (Å²) >= 11 is 0. The molecule has 0 bridgehead atoms. The Balaban J connectivity index is 1.58. The summed E-state index contributed by atoms with van der Waals surface area (Å²) in [5.41, 5.74) is 2.07. The van der Waals surface area contributed by atoms with Crippen LogP contribution in [0.25, 0.3) is 0 Å². The summed E-state index contributed by atoms with van der Waals surface area (Å²) in [6, 6.07) is 24.4. The van der Waals surface area contributed by atoms with E-state index in [1.807, 2.05) is 48.5 Å². The number of hydrogen-bond acceptors (Lipinski definition) is 4. The predicted octanol–water partition coefficient (Wildman–Crippen LogP) is 2.54. The highest BCUT2D eigenvalue weighted by Gasteiger charge is 2.33.